The maximum atomic E-state index is 11.4. The Morgan fingerprint density at radius 3 is 2.65 bits per heavy atom. The van der Waals surface area contributed by atoms with E-state index in [2.05, 4.69) is 5.32 Å². The second-order valence-electron chi connectivity index (χ2n) is 5.79. The minimum absolute atomic E-state index is 0.149. The molecule has 0 aliphatic carbocycles. The summed E-state index contributed by atoms with van der Waals surface area (Å²) in [6, 6.07) is 0. The molecule has 2 amide bonds. The van der Waals surface area contributed by atoms with E-state index in [-0.39, 0.29) is 5.91 Å². The van der Waals surface area contributed by atoms with Crippen LogP contribution in [0.4, 0.5) is 4.79 Å². The molecule has 0 aromatic rings. The number of ether oxygens (including phenoxy) is 1. The first-order valence-electron chi connectivity index (χ1n) is 6.93. The van der Waals surface area contributed by atoms with Crippen molar-refractivity contribution in [2.75, 3.05) is 13.1 Å². The summed E-state index contributed by atoms with van der Waals surface area (Å²) in [5.74, 6) is -0.149. The Labute approximate surface area is 119 Å². The van der Waals surface area contributed by atoms with Gasteiger partial charge in [-0.15, -0.1) is 0 Å². The summed E-state index contributed by atoms with van der Waals surface area (Å²) in [5, 5.41) is 12.2. The number of rotatable bonds is 6. The van der Waals surface area contributed by atoms with Crippen molar-refractivity contribution in [1.82, 2.24) is 10.2 Å². The lowest BCUT2D eigenvalue weighted by Crippen LogP contribution is -2.34. The molecule has 20 heavy (non-hydrogen) atoms. The smallest absolute Gasteiger partial charge is 0.407 e. The summed E-state index contributed by atoms with van der Waals surface area (Å²) < 4.78 is 5.11. The lowest BCUT2D eigenvalue weighted by atomic mass is 10.2. The molecule has 0 saturated heterocycles. The van der Waals surface area contributed by atoms with E-state index in [4.69, 9.17) is 4.74 Å². The number of hydrogen-bond donors (Lipinski definition) is 2. The van der Waals surface area contributed by atoms with Crippen LogP contribution >= 0.6 is 0 Å². The lowest BCUT2D eigenvalue weighted by molar-refractivity contribution is -0.130. The van der Waals surface area contributed by atoms with Crippen molar-refractivity contribution in [2.24, 2.45) is 0 Å². The number of aliphatic hydroxyl groups excluding tert-OH is 1. The number of carbonyl (C=O) groups excluding carboxylic acids is 2. The van der Waals surface area contributed by atoms with Gasteiger partial charge in [0.1, 0.15) is 11.8 Å². The van der Waals surface area contributed by atoms with Gasteiger partial charge in [0.2, 0.25) is 5.91 Å². The van der Waals surface area contributed by atoms with Crippen LogP contribution in [-0.2, 0) is 9.53 Å². The van der Waals surface area contributed by atoms with Crippen LogP contribution in [0.25, 0.3) is 0 Å². The Balaban J connectivity index is 2.03. The van der Waals surface area contributed by atoms with Gasteiger partial charge in [0.05, 0.1) is 0 Å². The summed E-state index contributed by atoms with van der Waals surface area (Å²) in [7, 11) is 0. The fourth-order valence-corrected chi connectivity index (χ4v) is 1.83. The zero-order valence-corrected chi connectivity index (χ0v) is 12.4. The third-order valence-electron chi connectivity index (χ3n) is 2.76. The molecule has 1 aliphatic rings. The third kappa shape index (κ3) is 6.06. The molecule has 0 aromatic carbocycles. The maximum absolute atomic E-state index is 11.4. The second kappa shape index (κ2) is 7.28. The molecule has 0 spiro atoms. The first-order valence-corrected chi connectivity index (χ1v) is 6.93. The molecule has 0 radical (unpaired) electrons. The zero-order valence-electron chi connectivity index (χ0n) is 12.4. The van der Waals surface area contributed by atoms with Crippen LogP contribution in [0.5, 0.6) is 0 Å². The second-order valence-corrected chi connectivity index (χ2v) is 5.79. The molecule has 1 aliphatic heterocycles. The number of nitrogens with one attached hydrogen (secondary N) is 1. The van der Waals surface area contributed by atoms with Crippen LogP contribution in [0.1, 0.15) is 40.0 Å². The van der Waals surface area contributed by atoms with E-state index in [0.29, 0.717) is 13.1 Å². The highest BCUT2D eigenvalue weighted by Crippen LogP contribution is 2.10. The molecule has 6 heteroatoms. The number of unbranched alkanes of at least 4 members (excludes halogenated alkanes) is 2. The molecule has 1 unspecified atom stereocenters. The first kappa shape index (κ1) is 16.5. The SMILES string of the molecule is CC(C)(C)OC(=O)NCCCCCN1C(=O)C=CC1O. The predicted molar refractivity (Wildman–Crippen MR) is 74.9 cm³/mol. The molecule has 114 valence electrons. The molecule has 1 rings (SSSR count). The van der Waals surface area contributed by atoms with Gasteiger partial charge >= 0.3 is 6.09 Å². The Morgan fingerprint density at radius 2 is 2.10 bits per heavy atom. The standard InChI is InChI=1S/C14H24N2O4/c1-14(2,3)20-13(19)15-9-5-4-6-10-16-11(17)7-8-12(16)18/h7-8,11,17H,4-6,9-10H2,1-3H3,(H,15,19). The van der Waals surface area contributed by atoms with Crippen molar-refractivity contribution >= 4 is 12.0 Å². The number of hydrogen-bond acceptors (Lipinski definition) is 4. The number of alkyl carbamates (subject to hydrolysis) is 1. The fraction of sp³-hybridized carbons (Fsp3) is 0.714. The Morgan fingerprint density at radius 1 is 1.40 bits per heavy atom. The van der Waals surface area contributed by atoms with Gasteiger partial charge in [0.15, 0.2) is 0 Å². The zero-order chi connectivity index (χ0) is 15.2. The largest absolute Gasteiger partial charge is 0.444 e. The molecular formula is C14H24N2O4. The van der Waals surface area contributed by atoms with Gasteiger partial charge in [-0.3, -0.25) is 4.79 Å². The first-order chi connectivity index (χ1) is 9.29. The van der Waals surface area contributed by atoms with E-state index in [1.165, 1.54) is 17.1 Å². The van der Waals surface area contributed by atoms with Crippen LogP contribution < -0.4 is 5.32 Å². The van der Waals surface area contributed by atoms with Gasteiger partial charge in [-0.05, 0) is 46.1 Å². The Kier molecular flexibility index (Phi) is 6.01. The van der Waals surface area contributed by atoms with Crippen molar-refractivity contribution in [3.8, 4) is 0 Å². The summed E-state index contributed by atoms with van der Waals surface area (Å²) in [6.45, 7) is 6.53. The van der Waals surface area contributed by atoms with E-state index in [9.17, 15) is 14.7 Å². The topological polar surface area (TPSA) is 78.9 Å². The van der Waals surface area contributed by atoms with Crippen molar-refractivity contribution in [3.63, 3.8) is 0 Å². The van der Waals surface area contributed by atoms with Crippen molar-refractivity contribution < 1.29 is 19.4 Å². The molecule has 0 bridgehead atoms. The van der Waals surface area contributed by atoms with Crippen molar-refractivity contribution in [3.05, 3.63) is 12.2 Å². The van der Waals surface area contributed by atoms with E-state index < -0.39 is 17.9 Å². The number of amides is 2. The molecule has 0 saturated carbocycles. The lowest BCUT2D eigenvalue weighted by Gasteiger charge is -2.20. The minimum atomic E-state index is -0.789. The van der Waals surface area contributed by atoms with Gasteiger partial charge < -0.3 is 20.1 Å². The highest BCUT2D eigenvalue weighted by Gasteiger charge is 2.22. The summed E-state index contributed by atoms with van der Waals surface area (Å²) in [5.41, 5.74) is -0.483. The van der Waals surface area contributed by atoms with Crippen molar-refractivity contribution in [1.29, 1.82) is 0 Å². The average Bonchev–Trinajstić information content (AvgIpc) is 2.62. The number of aliphatic hydroxyl groups is 1. The number of carbonyl (C=O) groups is 2. The van der Waals surface area contributed by atoms with Gasteiger partial charge in [-0.1, -0.05) is 0 Å². The van der Waals surface area contributed by atoms with Gasteiger partial charge in [0, 0.05) is 19.2 Å². The van der Waals surface area contributed by atoms with Crippen LogP contribution in [0.3, 0.4) is 0 Å². The summed E-state index contributed by atoms with van der Waals surface area (Å²) in [6.07, 6.45) is 4.13. The molecule has 0 aromatic heterocycles. The molecule has 0 fully saturated rings. The van der Waals surface area contributed by atoms with Gasteiger partial charge in [0.25, 0.3) is 0 Å². The molecule has 2 N–H and O–H groups in total. The van der Waals surface area contributed by atoms with Crippen LogP contribution in [0.15, 0.2) is 12.2 Å². The summed E-state index contributed by atoms with van der Waals surface area (Å²) >= 11 is 0. The third-order valence-corrected chi connectivity index (χ3v) is 2.76. The minimum Gasteiger partial charge on any atom is -0.444 e. The highest BCUT2D eigenvalue weighted by molar-refractivity contribution is 5.90. The van der Waals surface area contributed by atoms with E-state index in [1.807, 2.05) is 20.8 Å². The molecular weight excluding hydrogens is 260 g/mol. The van der Waals surface area contributed by atoms with Gasteiger partial charge in [-0.25, -0.2) is 4.79 Å². The van der Waals surface area contributed by atoms with E-state index in [1.54, 1.807) is 0 Å². The Bertz CT molecular complexity index is 374. The quantitative estimate of drug-likeness (QED) is 0.723. The maximum Gasteiger partial charge on any atom is 0.407 e. The highest BCUT2D eigenvalue weighted by atomic mass is 16.6. The monoisotopic (exact) mass is 284 g/mol. The van der Waals surface area contributed by atoms with Crippen LogP contribution in [-0.4, -0.2) is 46.9 Å². The van der Waals surface area contributed by atoms with Crippen LogP contribution in [0, 0.1) is 0 Å². The molecule has 1 heterocycles. The summed E-state index contributed by atoms with van der Waals surface area (Å²) in [4.78, 5) is 24.1. The fourth-order valence-electron chi connectivity index (χ4n) is 1.83. The van der Waals surface area contributed by atoms with Crippen molar-refractivity contribution in [2.45, 2.75) is 51.9 Å². The predicted octanol–water partition coefficient (Wildman–Crippen LogP) is 1.40. The van der Waals surface area contributed by atoms with E-state index >= 15 is 0 Å². The number of nitrogens with zero attached hydrogens (tertiary/aromatic N) is 1. The molecule has 1 atom stereocenters. The molecule has 6 nitrogen and oxygen atoms in total. The van der Waals surface area contributed by atoms with Gasteiger partial charge in [-0.2, -0.15) is 0 Å². The average molecular weight is 284 g/mol. The van der Waals surface area contributed by atoms with Crippen LogP contribution in [0.2, 0.25) is 0 Å². The Hall–Kier alpha value is -1.56. The normalized spacial score (nSPS) is 18.5. The van der Waals surface area contributed by atoms with E-state index in [0.717, 1.165) is 19.3 Å².